The Morgan fingerprint density at radius 2 is 1.90 bits per heavy atom. The molecule has 0 atom stereocenters. The van der Waals surface area contributed by atoms with Gasteiger partial charge in [0.05, 0.1) is 19.2 Å². The molecule has 1 aromatic rings. The van der Waals surface area contributed by atoms with E-state index in [1.807, 2.05) is 12.1 Å². The second-order valence-electron chi connectivity index (χ2n) is 6.00. The SMILES string of the molecule is CCC(=Cc1cc(Cl)c(OC)c(OC)c1)CNC(C)(C)C. The minimum atomic E-state index is 0.101. The summed E-state index contributed by atoms with van der Waals surface area (Å²) in [6.07, 6.45) is 3.13. The Morgan fingerprint density at radius 3 is 2.38 bits per heavy atom. The zero-order chi connectivity index (χ0) is 16.0. The average Bonchev–Trinajstić information content (AvgIpc) is 2.41. The minimum Gasteiger partial charge on any atom is -0.493 e. The van der Waals surface area contributed by atoms with Crippen molar-refractivity contribution in [2.24, 2.45) is 0 Å². The molecule has 21 heavy (non-hydrogen) atoms. The van der Waals surface area contributed by atoms with Gasteiger partial charge in [0.2, 0.25) is 0 Å². The zero-order valence-electron chi connectivity index (χ0n) is 13.8. The summed E-state index contributed by atoms with van der Waals surface area (Å²) in [6, 6.07) is 3.84. The van der Waals surface area contributed by atoms with Gasteiger partial charge in [0.1, 0.15) is 0 Å². The van der Waals surface area contributed by atoms with Crippen LogP contribution in [0.1, 0.15) is 39.7 Å². The van der Waals surface area contributed by atoms with E-state index in [1.54, 1.807) is 14.2 Å². The van der Waals surface area contributed by atoms with Crippen molar-refractivity contribution in [3.8, 4) is 11.5 Å². The van der Waals surface area contributed by atoms with E-state index >= 15 is 0 Å². The number of hydrogen-bond acceptors (Lipinski definition) is 3. The lowest BCUT2D eigenvalue weighted by atomic mass is 10.1. The molecule has 0 saturated heterocycles. The Hall–Kier alpha value is -1.19. The van der Waals surface area contributed by atoms with Gasteiger partial charge in [0, 0.05) is 12.1 Å². The highest BCUT2D eigenvalue weighted by molar-refractivity contribution is 6.32. The van der Waals surface area contributed by atoms with Crippen molar-refractivity contribution in [2.45, 2.75) is 39.7 Å². The lowest BCUT2D eigenvalue weighted by Crippen LogP contribution is -2.36. The van der Waals surface area contributed by atoms with E-state index in [-0.39, 0.29) is 5.54 Å². The van der Waals surface area contributed by atoms with Gasteiger partial charge in [-0.3, -0.25) is 0 Å². The molecule has 0 aliphatic carbocycles. The maximum atomic E-state index is 6.24. The molecule has 4 heteroatoms. The van der Waals surface area contributed by atoms with Gasteiger partial charge in [-0.25, -0.2) is 0 Å². The van der Waals surface area contributed by atoms with Crippen molar-refractivity contribution in [2.75, 3.05) is 20.8 Å². The molecular formula is C17H26ClNO2. The Labute approximate surface area is 133 Å². The number of methoxy groups -OCH3 is 2. The van der Waals surface area contributed by atoms with Crippen LogP contribution in [0.15, 0.2) is 17.7 Å². The first-order valence-electron chi connectivity index (χ1n) is 7.16. The molecule has 0 saturated carbocycles. The monoisotopic (exact) mass is 311 g/mol. The summed E-state index contributed by atoms with van der Waals surface area (Å²) >= 11 is 6.24. The number of nitrogens with one attached hydrogen (secondary N) is 1. The van der Waals surface area contributed by atoms with E-state index in [1.165, 1.54) is 5.57 Å². The maximum Gasteiger partial charge on any atom is 0.179 e. The molecule has 0 fully saturated rings. The van der Waals surface area contributed by atoms with Crippen molar-refractivity contribution in [1.29, 1.82) is 0 Å². The molecule has 1 rings (SSSR count). The largest absolute Gasteiger partial charge is 0.493 e. The Morgan fingerprint density at radius 1 is 1.24 bits per heavy atom. The van der Waals surface area contributed by atoms with Crippen LogP contribution < -0.4 is 14.8 Å². The third-order valence-corrected chi connectivity index (χ3v) is 3.41. The molecule has 1 aromatic carbocycles. The second kappa shape index (κ2) is 7.71. The van der Waals surface area contributed by atoms with Gasteiger partial charge in [-0.05, 0) is 44.9 Å². The third kappa shape index (κ3) is 5.60. The van der Waals surface area contributed by atoms with Gasteiger partial charge in [-0.2, -0.15) is 0 Å². The van der Waals surface area contributed by atoms with Gasteiger partial charge in [0.15, 0.2) is 11.5 Å². The molecule has 0 unspecified atom stereocenters. The van der Waals surface area contributed by atoms with Crippen LogP contribution in [-0.2, 0) is 0 Å². The fourth-order valence-corrected chi connectivity index (χ4v) is 2.21. The fraction of sp³-hybridized carbons (Fsp3) is 0.529. The summed E-state index contributed by atoms with van der Waals surface area (Å²) in [7, 11) is 3.20. The normalized spacial score (nSPS) is 12.4. The van der Waals surface area contributed by atoms with E-state index in [0.29, 0.717) is 16.5 Å². The molecule has 0 aliphatic rings. The quantitative estimate of drug-likeness (QED) is 0.836. The van der Waals surface area contributed by atoms with E-state index in [0.717, 1.165) is 18.5 Å². The molecule has 0 heterocycles. The second-order valence-corrected chi connectivity index (χ2v) is 6.41. The Bertz CT molecular complexity index is 504. The molecule has 0 aromatic heterocycles. The van der Waals surface area contributed by atoms with Crippen LogP contribution in [0.3, 0.4) is 0 Å². The van der Waals surface area contributed by atoms with Crippen molar-refractivity contribution in [3.05, 3.63) is 28.3 Å². The molecule has 0 aliphatic heterocycles. The van der Waals surface area contributed by atoms with Crippen molar-refractivity contribution >= 4 is 17.7 Å². The molecule has 1 N–H and O–H groups in total. The molecule has 0 bridgehead atoms. The van der Waals surface area contributed by atoms with Gasteiger partial charge in [-0.15, -0.1) is 0 Å². The first-order chi connectivity index (χ1) is 9.80. The maximum absolute atomic E-state index is 6.24. The van der Waals surface area contributed by atoms with Gasteiger partial charge in [-0.1, -0.05) is 30.2 Å². The highest BCUT2D eigenvalue weighted by Gasteiger charge is 2.11. The van der Waals surface area contributed by atoms with Crippen molar-refractivity contribution < 1.29 is 9.47 Å². The van der Waals surface area contributed by atoms with E-state index in [4.69, 9.17) is 21.1 Å². The summed E-state index contributed by atoms with van der Waals surface area (Å²) < 4.78 is 10.6. The Balaban J connectivity index is 3.03. The number of halogens is 1. The number of benzene rings is 1. The van der Waals surface area contributed by atoms with Crippen molar-refractivity contribution in [1.82, 2.24) is 5.32 Å². The smallest absolute Gasteiger partial charge is 0.179 e. The summed E-state index contributed by atoms with van der Waals surface area (Å²) in [4.78, 5) is 0. The fourth-order valence-electron chi connectivity index (χ4n) is 1.91. The topological polar surface area (TPSA) is 30.5 Å². The molecule has 0 spiro atoms. The van der Waals surface area contributed by atoms with Gasteiger partial charge < -0.3 is 14.8 Å². The number of hydrogen-bond donors (Lipinski definition) is 1. The van der Waals surface area contributed by atoms with Crippen LogP contribution in [0.4, 0.5) is 0 Å². The molecule has 0 radical (unpaired) electrons. The lowest BCUT2D eigenvalue weighted by Gasteiger charge is -2.21. The van der Waals surface area contributed by atoms with E-state index in [9.17, 15) is 0 Å². The third-order valence-electron chi connectivity index (χ3n) is 3.13. The lowest BCUT2D eigenvalue weighted by molar-refractivity contribution is 0.355. The molecule has 3 nitrogen and oxygen atoms in total. The predicted molar refractivity (Wildman–Crippen MR) is 90.6 cm³/mol. The van der Waals surface area contributed by atoms with Crippen LogP contribution in [0, 0.1) is 0 Å². The average molecular weight is 312 g/mol. The summed E-state index contributed by atoms with van der Waals surface area (Å²) in [5, 5.41) is 4.06. The van der Waals surface area contributed by atoms with Crippen LogP contribution in [0.25, 0.3) is 6.08 Å². The van der Waals surface area contributed by atoms with Crippen molar-refractivity contribution in [3.63, 3.8) is 0 Å². The van der Waals surface area contributed by atoms with Crippen LogP contribution in [0.5, 0.6) is 11.5 Å². The molecule has 118 valence electrons. The summed E-state index contributed by atoms with van der Waals surface area (Å²) in [5.74, 6) is 1.22. The highest BCUT2D eigenvalue weighted by Crippen LogP contribution is 2.36. The first kappa shape index (κ1) is 17.9. The van der Waals surface area contributed by atoms with Crippen LogP contribution >= 0.6 is 11.6 Å². The Kier molecular flexibility index (Phi) is 6.56. The minimum absolute atomic E-state index is 0.101. The van der Waals surface area contributed by atoms with E-state index < -0.39 is 0 Å². The van der Waals surface area contributed by atoms with Gasteiger partial charge in [0.25, 0.3) is 0 Å². The van der Waals surface area contributed by atoms with Crippen LogP contribution in [-0.4, -0.2) is 26.3 Å². The van der Waals surface area contributed by atoms with Crippen LogP contribution in [0.2, 0.25) is 5.02 Å². The molecule has 0 amide bonds. The first-order valence-corrected chi connectivity index (χ1v) is 7.54. The summed E-state index contributed by atoms with van der Waals surface area (Å²) in [6.45, 7) is 9.49. The molecular weight excluding hydrogens is 286 g/mol. The predicted octanol–water partition coefficient (Wildman–Crippen LogP) is 4.54. The standard InChI is InChI=1S/C17H26ClNO2/c1-7-12(11-19-17(2,3)4)8-13-9-14(18)16(21-6)15(10-13)20-5/h8-10,19H,7,11H2,1-6H3. The number of rotatable bonds is 6. The zero-order valence-corrected chi connectivity index (χ0v) is 14.6. The highest BCUT2D eigenvalue weighted by atomic mass is 35.5. The number of ether oxygens (including phenoxy) is 2. The van der Waals surface area contributed by atoms with Gasteiger partial charge >= 0.3 is 0 Å². The van der Waals surface area contributed by atoms with E-state index in [2.05, 4.69) is 39.1 Å². The summed E-state index contributed by atoms with van der Waals surface area (Å²) in [5.41, 5.74) is 2.43.